The number of nitrogens with zero attached hydrogens (tertiary/aromatic N) is 1. The van der Waals surface area contributed by atoms with E-state index in [-0.39, 0.29) is 6.04 Å². The highest BCUT2D eigenvalue weighted by molar-refractivity contribution is 5.47. The van der Waals surface area contributed by atoms with Gasteiger partial charge in [-0.05, 0) is 17.7 Å². The molecule has 0 aliphatic rings. The van der Waals surface area contributed by atoms with Gasteiger partial charge in [-0.15, -0.1) is 0 Å². The van der Waals surface area contributed by atoms with Gasteiger partial charge in [-0.2, -0.15) is 5.26 Å². The smallest absolute Gasteiger partial charge is 0.140 e. The van der Waals surface area contributed by atoms with Crippen LogP contribution in [0.25, 0.3) is 0 Å². The van der Waals surface area contributed by atoms with Gasteiger partial charge in [-0.3, -0.25) is 0 Å². The van der Waals surface area contributed by atoms with Gasteiger partial charge in [0.15, 0.2) is 0 Å². The molecular formula is C14H12N2. The van der Waals surface area contributed by atoms with E-state index in [1.165, 1.54) is 0 Å². The topological polar surface area (TPSA) is 35.8 Å². The molecule has 0 spiro atoms. The third-order valence-electron chi connectivity index (χ3n) is 2.35. The Morgan fingerprint density at radius 2 is 1.44 bits per heavy atom. The van der Waals surface area contributed by atoms with E-state index < -0.39 is 0 Å². The Labute approximate surface area is 95.2 Å². The van der Waals surface area contributed by atoms with Crippen LogP contribution in [-0.2, 0) is 0 Å². The fourth-order valence-electron chi connectivity index (χ4n) is 1.54. The molecule has 1 N–H and O–H groups in total. The first-order valence-corrected chi connectivity index (χ1v) is 5.16. The third kappa shape index (κ3) is 2.40. The zero-order chi connectivity index (χ0) is 11.2. The molecular weight excluding hydrogens is 195 g/mol. The Kier molecular flexibility index (Phi) is 3.20. The Hall–Kier alpha value is -2.27. The van der Waals surface area contributed by atoms with E-state index in [1.54, 1.807) is 0 Å². The summed E-state index contributed by atoms with van der Waals surface area (Å²) in [6.45, 7) is 0. The van der Waals surface area contributed by atoms with Crippen LogP contribution < -0.4 is 5.32 Å². The molecule has 0 heterocycles. The van der Waals surface area contributed by atoms with E-state index in [9.17, 15) is 0 Å². The van der Waals surface area contributed by atoms with Crippen molar-refractivity contribution in [1.82, 2.24) is 0 Å². The largest absolute Gasteiger partial charge is 0.366 e. The van der Waals surface area contributed by atoms with Crippen LogP contribution in [0.3, 0.4) is 0 Å². The summed E-state index contributed by atoms with van der Waals surface area (Å²) in [6, 6.07) is 21.4. The van der Waals surface area contributed by atoms with Gasteiger partial charge in [0.2, 0.25) is 0 Å². The van der Waals surface area contributed by atoms with Crippen LogP contribution in [0.4, 0.5) is 5.69 Å². The Bertz CT molecular complexity index is 471. The number of hydrogen-bond donors (Lipinski definition) is 1. The van der Waals surface area contributed by atoms with Gasteiger partial charge in [-0.25, -0.2) is 0 Å². The summed E-state index contributed by atoms with van der Waals surface area (Å²) in [5.74, 6) is 0. The maximum atomic E-state index is 9.13. The maximum Gasteiger partial charge on any atom is 0.140 e. The highest BCUT2D eigenvalue weighted by Gasteiger charge is 2.08. The fraction of sp³-hybridized carbons (Fsp3) is 0.0714. The predicted octanol–water partition coefficient (Wildman–Crippen LogP) is 3.36. The zero-order valence-corrected chi connectivity index (χ0v) is 8.80. The molecule has 0 aromatic heterocycles. The molecule has 78 valence electrons. The van der Waals surface area contributed by atoms with Gasteiger partial charge in [0, 0.05) is 5.69 Å². The quantitative estimate of drug-likeness (QED) is 0.837. The first-order chi connectivity index (χ1) is 7.90. The molecule has 2 aromatic rings. The lowest BCUT2D eigenvalue weighted by molar-refractivity contribution is 0.998. The highest BCUT2D eigenvalue weighted by Crippen LogP contribution is 2.18. The van der Waals surface area contributed by atoms with E-state index in [1.807, 2.05) is 60.7 Å². The van der Waals surface area contributed by atoms with Gasteiger partial charge in [0.25, 0.3) is 0 Å². The molecule has 0 saturated heterocycles. The fourth-order valence-corrected chi connectivity index (χ4v) is 1.54. The number of para-hydroxylation sites is 1. The van der Waals surface area contributed by atoms with E-state index in [0.717, 1.165) is 11.3 Å². The second-order valence-corrected chi connectivity index (χ2v) is 3.48. The first kappa shape index (κ1) is 10.3. The second kappa shape index (κ2) is 4.99. The number of anilines is 1. The average Bonchev–Trinajstić information content (AvgIpc) is 2.38. The lowest BCUT2D eigenvalue weighted by atomic mass is 9.93. The molecule has 0 bridgehead atoms. The highest BCUT2D eigenvalue weighted by atomic mass is 14.9. The van der Waals surface area contributed by atoms with Crippen LogP contribution in [0.2, 0.25) is 0 Å². The summed E-state index contributed by atoms with van der Waals surface area (Å²) in [5, 5.41) is 12.3. The molecule has 1 unspecified atom stereocenters. The normalized spacial score (nSPS) is 11.4. The maximum absolute atomic E-state index is 9.13. The molecule has 0 aliphatic carbocycles. The number of benzene rings is 2. The van der Waals surface area contributed by atoms with Crippen molar-refractivity contribution >= 4 is 5.69 Å². The van der Waals surface area contributed by atoms with Crippen LogP contribution in [0.5, 0.6) is 0 Å². The lowest BCUT2D eigenvalue weighted by Crippen LogP contribution is -2.07. The summed E-state index contributed by atoms with van der Waals surface area (Å²) >= 11 is 0. The number of hydrogen-bond acceptors (Lipinski definition) is 2. The molecule has 2 heteroatoms. The van der Waals surface area contributed by atoms with Gasteiger partial charge >= 0.3 is 0 Å². The van der Waals surface area contributed by atoms with Crippen LogP contribution in [0, 0.1) is 11.3 Å². The van der Waals surface area contributed by atoms with Crippen LogP contribution in [0.15, 0.2) is 60.7 Å². The molecule has 0 amide bonds. The van der Waals surface area contributed by atoms with Crippen molar-refractivity contribution in [3.8, 4) is 6.07 Å². The molecule has 1 atom stereocenters. The third-order valence-corrected chi connectivity index (χ3v) is 2.35. The van der Waals surface area contributed by atoms with E-state index in [4.69, 9.17) is 5.26 Å². The summed E-state index contributed by atoms with van der Waals surface area (Å²) < 4.78 is 0. The van der Waals surface area contributed by atoms with Gasteiger partial charge < -0.3 is 5.32 Å². The number of nitrogens with one attached hydrogen (secondary N) is 1. The Morgan fingerprint density at radius 1 is 0.875 bits per heavy atom. The molecule has 2 rings (SSSR count). The van der Waals surface area contributed by atoms with Gasteiger partial charge in [0.05, 0.1) is 6.07 Å². The molecule has 2 aromatic carbocycles. The minimum atomic E-state index is -0.302. The van der Waals surface area contributed by atoms with Crippen LogP contribution in [-0.4, -0.2) is 0 Å². The zero-order valence-electron chi connectivity index (χ0n) is 8.80. The van der Waals surface area contributed by atoms with Crippen molar-refractivity contribution in [2.24, 2.45) is 0 Å². The van der Waals surface area contributed by atoms with Crippen molar-refractivity contribution in [2.45, 2.75) is 6.04 Å². The van der Waals surface area contributed by atoms with Crippen LogP contribution >= 0.6 is 0 Å². The molecule has 2 nitrogen and oxygen atoms in total. The van der Waals surface area contributed by atoms with E-state index >= 15 is 0 Å². The van der Waals surface area contributed by atoms with Crippen LogP contribution in [0.1, 0.15) is 11.6 Å². The van der Waals surface area contributed by atoms with Crippen molar-refractivity contribution in [2.75, 3.05) is 5.32 Å². The van der Waals surface area contributed by atoms with Gasteiger partial charge in [0.1, 0.15) is 6.04 Å². The number of nitriles is 1. The molecule has 0 aliphatic heterocycles. The SMILES string of the molecule is N#[11C]C(Nc1ccccc1)c1ccccc1. The minimum Gasteiger partial charge on any atom is -0.366 e. The standard InChI is InChI=1S/C14H12N2/c15-11-14(12-7-3-1-4-8-12)16-13-9-5-2-6-10-13/h1-10,14,16H/i11-1. The summed E-state index contributed by atoms with van der Waals surface area (Å²) in [6.07, 6.45) is 0. The van der Waals surface area contributed by atoms with Crippen molar-refractivity contribution in [3.63, 3.8) is 0 Å². The summed E-state index contributed by atoms with van der Waals surface area (Å²) in [7, 11) is 0. The summed E-state index contributed by atoms with van der Waals surface area (Å²) in [4.78, 5) is 0. The first-order valence-electron chi connectivity index (χ1n) is 5.16. The predicted molar refractivity (Wildman–Crippen MR) is 64.9 cm³/mol. The molecule has 0 radical (unpaired) electrons. The Morgan fingerprint density at radius 3 is 2.00 bits per heavy atom. The monoisotopic (exact) mass is 207 g/mol. The summed E-state index contributed by atoms with van der Waals surface area (Å²) in [5.41, 5.74) is 1.94. The van der Waals surface area contributed by atoms with E-state index in [0.29, 0.717) is 0 Å². The van der Waals surface area contributed by atoms with E-state index in [2.05, 4.69) is 11.4 Å². The lowest BCUT2D eigenvalue weighted by Gasteiger charge is -2.12. The molecule has 16 heavy (non-hydrogen) atoms. The Balaban J connectivity index is 2.17. The number of rotatable bonds is 3. The molecule has 0 saturated carbocycles. The minimum absolute atomic E-state index is 0.302. The van der Waals surface area contributed by atoms with Crippen molar-refractivity contribution < 1.29 is 0 Å². The second-order valence-electron chi connectivity index (χ2n) is 3.48. The van der Waals surface area contributed by atoms with Crippen molar-refractivity contribution in [3.05, 3.63) is 66.2 Å². The molecule has 0 fully saturated rings. The van der Waals surface area contributed by atoms with Crippen molar-refractivity contribution in [1.29, 1.82) is 5.26 Å². The average molecular weight is 207 g/mol. The van der Waals surface area contributed by atoms with Gasteiger partial charge in [-0.1, -0.05) is 48.5 Å².